The van der Waals surface area contributed by atoms with Gasteiger partial charge in [0.2, 0.25) is 0 Å². The van der Waals surface area contributed by atoms with Gasteiger partial charge in [0, 0.05) is 10.4 Å². The van der Waals surface area contributed by atoms with Crippen LogP contribution in [0.15, 0.2) is 64.5 Å². The summed E-state index contributed by atoms with van der Waals surface area (Å²) in [6.45, 7) is 2.18. The van der Waals surface area contributed by atoms with Gasteiger partial charge in [-0.1, -0.05) is 60.7 Å². The molecule has 0 atom stereocenters. The third-order valence-corrected chi connectivity index (χ3v) is 5.35. The lowest BCUT2D eigenvalue weighted by Crippen LogP contribution is -2.05. The van der Waals surface area contributed by atoms with Gasteiger partial charge in [0.15, 0.2) is 0 Å². The summed E-state index contributed by atoms with van der Waals surface area (Å²) < 4.78 is 6.06. The van der Waals surface area contributed by atoms with Crippen molar-refractivity contribution >= 4 is 33.2 Å². The Morgan fingerprint density at radius 1 is 1.00 bits per heavy atom. The number of hydrogen-bond acceptors (Lipinski definition) is 3. The predicted molar refractivity (Wildman–Crippen MR) is 98.8 cm³/mol. The van der Waals surface area contributed by atoms with E-state index in [4.69, 9.17) is 4.74 Å². The Labute approximate surface area is 147 Å². The zero-order chi connectivity index (χ0) is 16.2. The number of thiophene rings is 1. The molecule has 2 aromatic carbocycles. The fraction of sp³-hybridized carbons (Fsp3) is 0.105. The van der Waals surface area contributed by atoms with Crippen molar-refractivity contribution in [1.29, 1.82) is 0 Å². The van der Waals surface area contributed by atoms with Crippen LogP contribution in [0.1, 0.15) is 17.3 Å². The molecule has 4 heteroatoms. The van der Waals surface area contributed by atoms with Crippen molar-refractivity contribution in [1.82, 2.24) is 0 Å². The molecule has 0 radical (unpaired) electrons. The lowest BCUT2D eigenvalue weighted by molar-refractivity contribution is 0.0527. The average Bonchev–Trinajstić information content (AvgIpc) is 2.94. The molecule has 2 nitrogen and oxygen atoms in total. The van der Waals surface area contributed by atoms with Gasteiger partial charge in [0.25, 0.3) is 0 Å². The molecule has 3 rings (SSSR count). The first-order chi connectivity index (χ1) is 11.2. The van der Waals surface area contributed by atoms with Gasteiger partial charge in [0.05, 0.1) is 16.0 Å². The first-order valence-electron chi connectivity index (χ1n) is 7.32. The maximum absolute atomic E-state index is 12.5. The molecule has 0 unspecified atom stereocenters. The van der Waals surface area contributed by atoms with Crippen molar-refractivity contribution in [3.63, 3.8) is 0 Å². The van der Waals surface area contributed by atoms with Crippen LogP contribution in [0.5, 0.6) is 0 Å². The lowest BCUT2D eigenvalue weighted by Gasteiger charge is -2.08. The molecule has 0 saturated heterocycles. The summed E-state index contributed by atoms with van der Waals surface area (Å²) in [5, 5.41) is 0. The van der Waals surface area contributed by atoms with E-state index in [1.54, 1.807) is 11.3 Å². The minimum absolute atomic E-state index is 0.295. The molecule has 0 aliphatic rings. The minimum atomic E-state index is -0.295. The topological polar surface area (TPSA) is 26.3 Å². The van der Waals surface area contributed by atoms with Gasteiger partial charge in [0.1, 0.15) is 0 Å². The van der Waals surface area contributed by atoms with Crippen LogP contribution in [0.25, 0.3) is 21.6 Å². The van der Waals surface area contributed by atoms with E-state index in [2.05, 4.69) is 28.1 Å². The zero-order valence-electron chi connectivity index (χ0n) is 12.6. The molecule has 0 amide bonds. The fourth-order valence-electron chi connectivity index (χ4n) is 2.46. The molecule has 0 aliphatic heterocycles. The number of halogens is 1. The molecule has 0 N–H and O–H groups in total. The molecule has 116 valence electrons. The third kappa shape index (κ3) is 3.23. The highest BCUT2D eigenvalue weighted by atomic mass is 79.9. The van der Waals surface area contributed by atoms with Crippen molar-refractivity contribution in [2.24, 2.45) is 0 Å². The van der Waals surface area contributed by atoms with Crippen molar-refractivity contribution in [2.75, 3.05) is 6.61 Å². The largest absolute Gasteiger partial charge is 0.462 e. The van der Waals surface area contributed by atoms with Crippen LogP contribution >= 0.6 is 27.3 Å². The average molecular weight is 387 g/mol. The highest BCUT2D eigenvalue weighted by molar-refractivity contribution is 9.11. The molecule has 0 bridgehead atoms. The second-order valence-corrected chi connectivity index (χ2v) is 7.25. The summed E-state index contributed by atoms with van der Waals surface area (Å²) in [6, 6.07) is 20.1. The van der Waals surface area contributed by atoms with E-state index in [9.17, 15) is 4.79 Å². The Morgan fingerprint density at radius 3 is 2.13 bits per heavy atom. The molecule has 23 heavy (non-hydrogen) atoms. The minimum Gasteiger partial charge on any atom is -0.462 e. The monoisotopic (exact) mass is 386 g/mol. The standard InChI is InChI=1S/C19H15BrO2S/c1-2-22-19(21)16-15(13-9-5-3-6-10-13)17(23-18(16)20)14-11-7-4-8-12-14/h3-12H,2H2,1H3. The van der Waals surface area contributed by atoms with Crippen LogP contribution < -0.4 is 0 Å². The molecule has 0 fully saturated rings. The summed E-state index contributed by atoms with van der Waals surface area (Å²) in [5.41, 5.74) is 3.62. The first-order valence-corrected chi connectivity index (χ1v) is 8.93. The van der Waals surface area contributed by atoms with Gasteiger partial charge in [-0.05, 0) is 34.0 Å². The summed E-state index contributed by atoms with van der Waals surface area (Å²) >= 11 is 5.11. The van der Waals surface area contributed by atoms with Crippen LogP contribution in [-0.2, 0) is 4.74 Å². The molecular weight excluding hydrogens is 372 g/mol. The number of hydrogen-bond donors (Lipinski definition) is 0. The second-order valence-electron chi connectivity index (χ2n) is 4.91. The van der Waals surface area contributed by atoms with E-state index < -0.39 is 0 Å². The van der Waals surface area contributed by atoms with Crippen LogP contribution in [0, 0.1) is 0 Å². The van der Waals surface area contributed by atoms with E-state index in [1.807, 2.05) is 55.5 Å². The number of benzene rings is 2. The Hall–Kier alpha value is -1.91. The van der Waals surface area contributed by atoms with Crippen LogP contribution in [-0.4, -0.2) is 12.6 Å². The number of carbonyl (C=O) groups excluding carboxylic acids is 1. The number of esters is 1. The van der Waals surface area contributed by atoms with Gasteiger partial charge in [-0.2, -0.15) is 0 Å². The fourth-order valence-corrected chi connectivity index (χ4v) is 4.35. The SMILES string of the molecule is CCOC(=O)c1c(Br)sc(-c2ccccc2)c1-c1ccccc1. The maximum atomic E-state index is 12.5. The Kier molecular flexibility index (Phi) is 4.94. The quantitative estimate of drug-likeness (QED) is 0.512. The van der Waals surface area contributed by atoms with Crippen LogP contribution in [0.4, 0.5) is 0 Å². The van der Waals surface area contributed by atoms with Crippen LogP contribution in [0.3, 0.4) is 0 Å². The Balaban J connectivity index is 2.25. The number of carbonyl (C=O) groups is 1. The molecule has 1 heterocycles. The van der Waals surface area contributed by atoms with E-state index in [0.717, 1.165) is 25.4 Å². The molecular formula is C19H15BrO2S. The Morgan fingerprint density at radius 2 is 1.57 bits per heavy atom. The van der Waals surface area contributed by atoms with Gasteiger partial charge in [-0.3, -0.25) is 0 Å². The van der Waals surface area contributed by atoms with Gasteiger partial charge in [-0.25, -0.2) is 4.79 Å². The van der Waals surface area contributed by atoms with Gasteiger partial charge < -0.3 is 4.74 Å². The summed E-state index contributed by atoms with van der Waals surface area (Å²) in [5.74, 6) is -0.295. The number of ether oxygens (including phenoxy) is 1. The highest BCUT2D eigenvalue weighted by Crippen LogP contribution is 2.45. The highest BCUT2D eigenvalue weighted by Gasteiger charge is 2.25. The first kappa shape index (κ1) is 16.0. The predicted octanol–water partition coefficient (Wildman–Crippen LogP) is 6.02. The van der Waals surface area contributed by atoms with E-state index >= 15 is 0 Å². The molecule has 0 aliphatic carbocycles. The summed E-state index contributed by atoms with van der Waals surface area (Å²) in [7, 11) is 0. The van der Waals surface area contributed by atoms with Crippen molar-refractivity contribution in [3.05, 3.63) is 70.0 Å². The van der Waals surface area contributed by atoms with Crippen molar-refractivity contribution in [3.8, 4) is 21.6 Å². The Bertz CT molecular complexity index is 810. The summed E-state index contributed by atoms with van der Waals surface area (Å²) in [4.78, 5) is 13.5. The summed E-state index contributed by atoms with van der Waals surface area (Å²) in [6.07, 6.45) is 0. The van der Waals surface area contributed by atoms with Crippen LogP contribution in [0.2, 0.25) is 0 Å². The molecule has 0 spiro atoms. The third-order valence-electron chi connectivity index (χ3n) is 3.44. The van der Waals surface area contributed by atoms with E-state index in [1.165, 1.54) is 0 Å². The maximum Gasteiger partial charge on any atom is 0.340 e. The smallest absolute Gasteiger partial charge is 0.340 e. The zero-order valence-corrected chi connectivity index (χ0v) is 15.0. The second kappa shape index (κ2) is 7.11. The lowest BCUT2D eigenvalue weighted by atomic mass is 9.98. The molecule has 3 aromatic rings. The van der Waals surface area contributed by atoms with Gasteiger partial charge in [-0.15, -0.1) is 11.3 Å². The van der Waals surface area contributed by atoms with Gasteiger partial charge >= 0.3 is 5.97 Å². The number of rotatable bonds is 4. The van der Waals surface area contributed by atoms with E-state index in [0.29, 0.717) is 12.2 Å². The van der Waals surface area contributed by atoms with Crippen molar-refractivity contribution in [2.45, 2.75) is 6.92 Å². The normalized spacial score (nSPS) is 10.5. The molecule has 1 aromatic heterocycles. The molecule has 0 saturated carbocycles. The van der Waals surface area contributed by atoms with E-state index in [-0.39, 0.29) is 5.97 Å². The van der Waals surface area contributed by atoms with Crippen molar-refractivity contribution < 1.29 is 9.53 Å².